The fourth-order valence-electron chi connectivity index (χ4n) is 7.65. The maximum absolute atomic E-state index is 5.21. The summed E-state index contributed by atoms with van der Waals surface area (Å²) < 4.78 is 0. The molecule has 1 N–H and O–H groups in total. The van der Waals surface area contributed by atoms with Crippen molar-refractivity contribution < 1.29 is 0 Å². The van der Waals surface area contributed by atoms with Crippen LogP contribution in [0.25, 0.3) is 73.2 Å². The predicted molar refractivity (Wildman–Crippen MR) is 258 cm³/mol. The maximum Gasteiger partial charge on any atom is 0.164 e. The van der Waals surface area contributed by atoms with Crippen LogP contribution in [0.5, 0.6) is 0 Å². The Bertz CT molecular complexity index is 3000. The zero-order valence-corrected chi connectivity index (χ0v) is 34.8. The van der Waals surface area contributed by atoms with Crippen molar-refractivity contribution in [2.45, 2.75) is 13.3 Å². The molecule has 0 unspecified atom stereocenters. The van der Waals surface area contributed by atoms with Crippen LogP contribution in [0.4, 0.5) is 0 Å². The Balaban J connectivity index is 1.02. The average molecular weight is 800 g/mol. The number of hydrogen-bond acceptors (Lipinski definition) is 5. The maximum atomic E-state index is 5.21. The molecule has 0 saturated heterocycles. The number of aliphatic imine (C=N–C) groups is 1. The van der Waals surface area contributed by atoms with Crippen molar-refractivity contribution >= 4 is 11.4 Å². The van der Waals surface area contributed by atoms with Crippen LogP contribution in [-0.4, -0.2) is 27.7 Å². The number of hydrogen-bond donors (Lipinski definition) is 1. The van der Waals surface area contributed by atoms with E-state index in [2.05, 4.69) is 188 Å². The summed E-state index contributed by atoms with van der Waals surface area (Å²) in [5.41, 5.74) is 15.8. The van der Waals surface area contributed by atoms with Crippen molar-refractivity contribution in [3.8, 4) is 67.5 Å². The minimum atomic E-state index is 0.621. The van der Waals surface area contributed by atoms with Gasteiger partial charge in [0, 0.05) is 40.7 Å². The zero-order valence-electron chi connectivity index (χ0n) is 34.8. The Kier molecular flexibility index (Phi) is 11.8. The van der Waals surface area contributed by atoms with E-state index >= 15 is 0 Å². The van der Waals surface area contributed by atoms with Crippen LogP contribution in [0, 0.1) is 0 Å². The van der Waals surface area contributed by atoms with Crippen LogP contribution in [0.3, 0.4) is 0 Å². The molecule has 7 aromatic carbocycles. The second-order valence-corrected chi connectivity index (χ2v) is 15.1. The van der Waals surface area contributed by atoms with Crippen LogP contribution >= 0.6 is 0 Å². The van der Waals surface area contributed by atoms with Gasteiger partial charge in [0.25, 0.3) is 0 Å². The molecule has 5 nitrogen and oxygen atoms in total. The molecule has 9 rings (SSSR count). The standard InChI is InChI=1S/C57H45N5/c1-40(59-54(44-19-8-4-9-20-44)36-35-53(58-2)43-21-12-13-22-43)47-25-14-26-48(37-47)49-27-15-28-50(38-49)51-29-16-30-52(39-51)57-61-55(45-23-10-5-11-24-45)60-56(62-57)46-33-31-42(32-34-46)41-17-6-3-7-18-41/h3-21,23-39,58H,22H2,1-2H3/b53-35-,54-36+,59-40+. The summed E-state index contributed by atoms with van der Waals surface area (Å²) in [4.78, 5) is 20.3. The van der Waals surface area contributed by atoms with Gasteiger partial charge in [-0.3, -0.25) is 4.99 Å². The lowest BCUT2D eigenvalue weighted by atomic mass is 9.96. The molecule has 5 heteroatoms. The summed E-state index contributed by atoms with van der Waals surface area (Å²) in [5.74, 6) is 1.88. The fraction of sp³-hybridized carbons (Fsp3) is 0.0526. The first-order valence-electron chi connectivity index (χ1n) is 20.9. The molecule has 0 saturated carbocycles. The molecule has 62 heavy (non-hydrogen) atoms. The number of rotatable bonds is 12. The van der Waals surface area contributed by atoms with E-state index in [4.69, 9.17) is 19.9 Å². The van der Waals surface area contributed by atoms with Gasteiger partial charge in [0.1, 0.15) is 0 Å². The number of benzene rings is 7. The summed E-state index contributed by atoms with van der Waals surface area (Å²) in [5, 5.41) is 3.36. The van der Waals surface area contributed by atoms with Gasteiger partial charge >= 0.3 is 0 Å². The first kappa shape index (κ1) is 39.4. The topological polar surface area (TPSA) is 63.1 Å². The molecule has 1 aromatic heterocycles. The van der Waals surface area contributed by atoms with E-state index < -0.39 is 0 Å². The van der Waals surface area contributed by atoms with Crippen LogP contribution in [0.15, 0.2) is 235 Å². The van der Waals surface area contributed by atoms with E-state index in [1.807, 2.05) is 49.5 Å². The molecule has 298 valence electrons. The van der Waals surface area contributed by atoms with Gasteiger partial charge in [-0.05, 0) is 88.2 Å². The molecular weight excluding hydrogens is 755 g/mol. The molecule has 0 bridgehead atoms. The van der Waals surface area contributed by atoms with E-state index in [9.17, 15) is 0 Å². The lowest BCUT2D eigenvalue weighted by Crippen LogP contribution is -2.07. The third kappa shape index (κ3) is 9.08. The predicted octanol–water partition coefficient (Wildman–Crippen LogP) is 13.7. The van der Waals surface area contributed by atoms with E-state index in [0.717, 1.165) is 79.2 Å². The fourth-order valence-corrected chi connectivity index (χ4v) is 7.65. The third-order valence-corrected chi connectivity index (χ3v) is 11.0. The van der Waals surface area contributed by atoms with Gasteiger partial charge < -0.3 is 5.32 Å². The largest absolute Gasteiger partial charge is 0.388 e. The van der Waals surface area contributed by atoms with Crippen molar-refractivity contribution in [3.05, 3.63) is 241 Å². The number of nitrogens with one attached hydrogen (secondary N) is 1. The minimum absolute atomic E-state index is 0.621. The number of nitrogens with zero attached hydrogens (tertiary/aromatic N) is 4. The van der Waals surface area contributed by atoms with Gasteiger partial charge in [0.05, 0.1) is 5.70 Å². The Morgan fingerprint density at radius 2 is 0.919 bits per heavy atom. The third-order valence-electron chi connectivity index (χ3n) is 11.0. The van der Waals surface area contributed by atoms with Crippen molar-refractivity contribution in [2.24, 2.45) is 4.99 Å². The smallest absolute Gasteiger partial charge is 0.164 e. The van der Waals surface area contributed by atoms with Gasteiger partial charge in [0.15, 0.2) is 17.5 Å². The highest BCUT2D eigenvalue weighted by Crippen LogP contribution is 2.32. The van der Waals surface area contributed by atoms with Crippen molar-refractivity contribution in [3.63, 3.8) is 0 Å². The highest BCUT2D eigenvalue weighted by molar-refractivity contribution is 6.02. The van der Waals surface area contributed by atoms with Crippen molar-refractivity contribution in [2.75, 3.05) is 7.05 Å². The first-order chi connectivity index (χ1) is 30.6. The Labute approximate surface area is 364 Å². The molecule has 0 fully saturated rings. The monoisotopic (exact) mass is 799 g/mol. The summed E-state index contributed by atoms with van der Waals surface area (Å²) in [6.07, 6.45) is 11.6. The number of allylic oxidation sites excluding steroid dienone is 6. The van der Waals surface area contributed by atoms with Crippen molar-refractivity contribution in [1.82, 2.24) is 20.3 Å². The van der Waals surface area contributed by atoms with Gasteiger partial charge in [-0.1, -0.05) is 188 Å². The molecule has 0 spiro atoms. The summed E-state index contributed by atoms with van der Waals surface area (Å²) in [6.45, 7) is 2.08. The molecule has 0 aliphatic heterocycles. The van der Waals surface area contributed by atoms with E-state index in [1.54, 1.807) is 0 Å². The molecule has 1 aliphatic rings. The number of aromatic nitrogens is 3. The quantitative estimate of drug-likeness (QED) is 0.0987. The summed E-state index contributed by atoms with van der Waals surface area (Å²) in [7, 11) is 1.96. The molecule has 0 atom stereocenters. The molecule has 0 radical (unpaired) electrons. The lowest BCUT2D eigenvalue weighted by Gasteiger charge is -2.11. The average Bonchev–Trinajstić information content (AvgIpc) is 3.90. The Morgan fingerprint density at radius 1 is 0.468 bits per heavy atom. The molecule has 0 amide bonds. The van der Waals surface area contributed by atoms with Crippen LogP contribution in [0.2, 0.25) is 0 Å². The Morgan fingerprint density at radius 3 is 1.52 bits per heavy atom. The van der Waals surface area contributed by atoms with Crippen LogP contribution in [0.1, 0.15) is 24.5 Å². The molecule has 8 aromatic rings. The second-order valence-electron chi connectivity index (χ2n) is 15.1. The van der Waals surface area contributed by atoms with Gasteiger partial charge in [0.2, 0.25) is 0 Å². The second kappa shape index (κ2) is 18.5. The highest BCUT2D eigenvalue weighted by atomic mass is 15.0. The first-order valence-corrected chi connectivity index (χ1v) is 20.9. The number of likely N-dealkylation sites (N-methyl/N-ethyl adjacent to an activating group) is 1. The van der Waals surface area contributed by atoms with E-state index in [0.29, 0.717) is 17.5 Å². The van der Waals surface area contributed by atoms with Gasteiger partial charge in [-0.2, -0.15) is 0 Å². The molecule has 1 heterocycles. The summed E-state index contributed by atoms with van der Waals surface area (Å²) in [6, 6.07) is 65.0. The van der Waals surface area contributed by atoms with Crippen LogP contribution in [-0.2, 0) is 0 Å². The molecular formula is C57H45N5. The zero-order chi connectivity index (χ0) is 42.1. The van der Waals surface area contributed by atoms with E-state index in [1.165, 1.54) is 11.1 Å². The normalized spacial score (nSPS) is 12.9. The SMILES string of the molecule is CN\C(=C/C=C(/N=C(\C)c1cccc(-c2cccc(-c3cccc(-c4nc(-c5ccccc5)nc(-c5ccc(-c6ccccc6)cc5)n4)c3)c2)c1)c1ccccc1)C1=CC=CC1. The van der Waals surface area contributed by atoms with Crippen LogP contribution < -0.4 is 5.32 Å². The lowest BCUT2D eigenvalue weighted by molar-refractivity contribution is 0.983. The van der Waals surface area contributed by atoms with E-state index in [-0.39, 0.29) is 0 Å². The van der Waals surface area contributed by atoms with Gasteiger partial charge in [-0.25, -0.2) is 15.0 Å². The minimum Gasteiger partial charge on any atom is -0.388 e. The Hall–Kier alpha value is -8.02. The molecule has 1 aliphatic carbocycles. The van der Waals surface area contributed by atoms with Crippen molar-refractivity contribution in [1.29, 1.82) is 0 Å². The summed E-state index contributed by atoms with van der Waals surface area (Å²) >= 11 is 0. The van der Waals surface area contributed by atoms with Gasteiger partial charge in [-0.15, -0.1) is 0 Å². The highest BCUT2D eigenvalue weighted by Gasteiger charge is 2.14.